The zero-order valence-electron chi connectivity index (χ0n) is 14.4. The van der Waals surface area contributed by atoms with E-state index in [1.54, 1.807) is 7.11 Å². The minimum absolute atomic E-state index is 0.783. The number of guanidine groups is 1. The number of hydrogen-bond acceptors (Lipinski definition) is 3. The van der Waals surface area contributed by atoms with Gasteiger partial charge in [0.05, 0.1) is 6.61 Å². The molecule has 0 radical (unpaired) electrons. The van der Waals surface area contributed by atoms with Crippen LogP contribution in [0, 0.1) is 0 Å². The summed E-state index contributed by atoms with van der Waals surface area (Å²) in [5.41, 5.74) is 1.28. The molecule has 1 aromatic rings. The van der Waals surface area contributed by atoms with Crippen LogP contribution in [0.2, 0.25) is 0 Å². The summed E-state index contributed by atoms with van der Waals surface area (Å²) in [5, 5.41) is 3.42. The van der Waals surface area contributed by atoms with Crippen LogP contribution in [0.1, 0.15) is 12.0 Å². The molecule has 5 heteroatoms. The van der Waals surface area contributed by atoms with E-state index < -0.39 is 0 Å². The third-order valence-corrected chi connectivity index (χ3v) is 3.51. The largest absolute Gasteiger partial charge is 0.383 e. The highest BCUT2D eigenvalue weighted by atomic mass is 16.5. The maximum atomic E-state index is 5.08. The fourth-order valence-electron chi connectivity index (χ4n) is 2.22. The van der Waals surface area contributed by atoms with E-state index in [0.29, 0.717) is 0 Å². The fourth-order valence-corrected chi connectivity index (χ4v) is 2.22. The molecule has 0 bridgehead atoms. The average molecular weight is 306 g/mol. The van der Waals surface area contributed by atoms with Gasteiger partial charge in [-0.25, -0.2) is 0 Å². The number of benzene rings is 1. The maximum Gasteiger partial charge on any atom is 0.193 e. The van der Waals surface area contributed by atoms with Gasteiger partial charge in [0.15, 0.2) is 5.96 Å². The minimum Gasteiger partial charge on any atom is -0.383 e. The lowest BCUT2D eigenvalue weighted by Gasteiger charge is -2.23. The Morgan fingerprint density at radius 2 is 1.91 bits per heavy atom. The molecule has 0 spiro atoms. The molecule has 1 rings (SSSR count). The van der Waals surface area contributed by atoms with Crippen LogP contribution in [0.15, 0.2) is 35.3 Å². The van der Waals surface area contributed by atoms with Crippen LogP contribution in [0.3, 0.4) is 0 Å². The molecule has 0 heterocycles. The molecule has 22 heavy (non-hydrogen) atoms. The molecule has 0 fully saturated rings. The van der Waals surface area contributed by atoms with Gasteiger partial charge in [0, 0.05) is 40.8 Å². The SMILES string of the molecule is CN=C(NCCCN(C)CCOC)N(C)Cc1ccccc1. The van der Waals surface area contributed by atoms with Crippen LogP contribution in [0.5, 0.6) is 0 Å². The van der Waals surface area contributed by atoms with Crippen LogP contribution in [-0.2, 0) is 11.3 Å². The molecule has 124 valence electrons. The number of ether oxygens (including phenoxy) is 1. The van der Waals surface area contributed by atoms with Crippen molar-refractivity contribution in [2.24, 2.45) is 4.99 Å². The minimum atomic E-state index is 0.783. The Labute approximate surface area is 135 Å². The molecule has 0 aliphatic carbocycles. The molecule has 0 aliphatic rings. The van der Waals surface area contributed by atoms with Crippen molar-refractivity contribution in [2.45, 2.75) is 13.0 Å². The number of likely N-dealkylation sites (N-methyl/N-ethyl adjacent to an activating group) is 1. The van der Waals surface area contributed by atoms with Gasteiger partial charge in [-0.2, -0.15) is 0 Å². The Hall–Kier alpha value is -1.59. The molecule has 1 aromatic carbocycles. The van der Waals surface area contributed by atoms with Crippen molar-refractivity contribution in [3.8, 4) is 0 Å². The molecular weight excluding hydrogens is 276 g/mol. The van der Waals surface area contributed by atoms with Gasteiger partial charge in [-0.05, 0) is 25.6 Å². The number of nitrogens with zero attached hydrogens (tertiary/aromatic N) is 3. The first-order valence-electron chi connectivity index (χ1n) is 7.80. The van der Waals surface area contributed by atoms with E-state index in [0.717, 1.165) is 45.2 Å². The van der Waals surface area contributed by atoms with Crippen molar-refractivity contribution < 1.29 is 4.74 Å². The van der Waals surface area contributed by atoms with Gasteiger partial charge < -0.3 is 19.9 Å². The van der Waals surface area contributed by atoms with E-state index >= 15 is 0 Å². The predicted octanol–water partition coefficient (Wildman–Crippen LogP) is 1.66. The van der Waals surface area contributed by atoms with Gasteiger partial charge in [0.1, 0.15) is 0 Å². The molecule has 0 saturated heterocycles. The second-order valence-corrected chi connectivity index (χ2v) is 5.47. The highest BCUT2D eigenvalue weighted by molar-refractivity contribution is 5.79. The number of methoxy groups -OCH3 is 1. The van der Waals surface area contributed by atoms with E-state index in [1.165, 1.54) is 5.56 Å². The molecule has 0 aliphatic heterocycles. The molecule has 0 saturated carbocycles. The predicted molar refractivity (Wildman–Crippen MR) is 93.3 cm³/mol. The third-order valence-electron chi connectivity index (χ3n) is 3.51. The first-order chi connectivity index (χ1) is 10.7. The summed E-state index contributed by atoms with van der Waals surface area (Å²) in [6.45, 7) is 4.58. The molecule has 0 unspecified atom stereocenters. The van der Waals surface area contributed by atoms with Crippen LogP contribution >= 0.6 is 0 Å². The number of nitrogens with one attached hydrogen (secondary N) is 1. The molecule has 0 aromatic heterocycles. The van der Waals surface area contributed by atoms with Crippen molar-refractivity contribution in [3.05, 3.63) is 35.9 Å². The van der Waals surface area contributed by atoms with Crippen LogP contribution in [-0.4, -0.2) is 70.3 Å². The molecular formula is C17H30N4O. The number of hydrogen-bond donors (Lipinski definition) is 1. The van der Waals surface area contributed by atoms with E-state index in [4.69, 9.17) is 4.74 Å². The summed E-state index contributed by atoms with van der Waals surface area (Å²) in [4.78, 5) is 8.77. The summed E-state index contributed by atoms with van der Waals surface area (Å²) in [6.07, 6.45) is 1.08. The van der Waals surface area contributed by atoms with Crippen molar-refractivity contribution >= 4 is 5.96 Å². The Balaban J connectivity index is 2.27. The second-order valence-electron chi connectivity index (χ2n) is 5.47. The van der Waals surface area contributed by atoms with E-state index in [-0.39, 0.29) is 0 Å². The normalized spacial score (nSPS) is 11.8. The average Bonchev–Trinajstić information content (AvgIpc) is 2.53. The summed E-state index contributed by atoms with van der Waals surface area (Å²) in [6, 6.07) is 10.4. The van der Waals surface area contributed by atoms with Crippen molar-refractivity contribution in [1.82, 2.24) is 15.1 Å². The first-order valence-corrected chi connectivity index (χ1v) is 7.80. The van der Waals surface area contributed by atoms with E-state index in [1.807, 2.05) is 13.1 Å². The summed E-state index contributed by atoms with van der Waals surface area (Å²) >= 11 is 0. The third kappa shape index (κ3) is 7.43. The van der Waals surface area contributed by atoms with E-state index in [2.05, 4.69) is 58.5 Å². The van der Waals surface area contributed by atoms with Gasteiger partial charge in [-0.1, -0.05) is 30.3 Å². The molecule has 0 amide bonds. The van der Waals surface area contributed by atoms with Crippen LogP contribution < -0.4 is 5.32 Å². The lowest BCUT2D eigenvalue weighted by molar-refractivity contribution is 0.161. The standard InChI is InChI=1S/C17H30N4O/c1-18-17(19-11-8-12-20(2)13-14-22-4)21(3)15-16-9-6-5-7-10-16/h5-7,9-10H,8,11-15H2,1-4H3,(H,18,19). The number of rotatable bonds is 9. The zero-order chi connectivity index (χ0) is 16.2. The highest BCUT2D eigenvalue weighted by Crippen LogP contribution is 2.02. The van der Waals surface area contributed by atoms with Crippen molar-refractivity contribution in [1.29, 1.82) is 0 Å². The Kier molecular flexibility index (Phi) is 9.26. The monoisotopic (exact) mass is 306 g/mol. The lowest BCUT2D eigenvalue weighted by atomic mass is 10.2. The summed E-state index contributed by atoms with van der Waals surface area (Å²) in [5.74, 6) is 0.934. The van der Waals surface area contributed by atoms with Gasteiger partial charge in [-0.15, -0.1) is 0 Å². The molecule has 0 atom stereocenters. The smallest absolute Gasteiger partial charge is 0.193 e. The molecule has 1 N–H and O–H groups in total. The summed E-state index contributed by atoms with van der Waals surface area (Å²) in [7, 11) is 7.75. The highest BCUT2D eigenvalue weighted by Gasteiger charge is 2.06. The van der Waals surface area contributed by atoms with Crippen LogP contribution in [0.4, 0.5) is 0 Å². The van der Waals surface area contributed by atoms with Crippen LogP contribution in [0.25, 0.3) is 0 Å². The van der Waals surface area contributed by atoms with Crippen molar-refractivity contribution in [3.63, 3.8) is 0 Å². The maximum absolute atomic E-state index is 5.08. The topological polar surface area (TPSA) is 40.1 Å². The van der Waals surface area contributed by atoms with E-state index in [9.17, 15) is 0 Å². The van der Waals surface area contributed by atoms with Crippen molar-refractivity contribution in [2.75, 3.05) is 54.5 Å². The quantitative estimate of drug-likeness (QED) is 0.428. The summed E-state index contributed by atoms with van der Waals surface area (Å²) < 4.78 is 5.08. The Bertz CT molecular complexity index is 422. The number of aliphatic imine (C=N–C) groups is 1. The first kappa shape index (κ1) is 18.5. The molecule has 5 nitrogen and oxygen atoms in total. The second kappa shape index (κ2) is 11.0. The fraction of sp³-hybridized carbons (Fsp3) is 0.588. The zero-order valence-corrected chi connectivity index (χ0v) is 14.4. The Morgan fingerprint density at radius 3 is 2.55 bits per heavy atom. The lowest BCUT2D eigenvalue weighted by Crippen LogP contribution is -2.39. The van der Waals surface area contributed by atoms with Gasteiger partial charge in [0.25, 0.3) is 0 Å². The van der Waals surface area contributed by atoms with Gasteiger partial charge >= 0.3 is 0 Å². The van der Waals surface area contributed by atoms with Gasteiger partial charge in [-0.3, -0.25) is 4.99 Å². The van der Waals surface area contributed by atoms with Gasteiger partial charge in [0.2, 0.25) is 0 Å². The Morgan fingerprint density at radius 1 is 1.18 bits per heavy atom.